The van der Waals surface area contributed by atoms with Crippen molar-refractivity contribution < 1.29 is 9.59 Å². The van der Waals surface area contributed by atoms with Crippen LogP contribution in [-0.2, 0) is 0 Å². The number of likely N-dealkylation sites (tertiary alicyclic amines) is 1. The number of carbonyl (C=O) groups is 2. The molecule has 1 unspecified atom stereocenters. The number of carbonyl (C=O) groups excluding carboxylic acids is 2. The van der Waals surface area contributed by atoms with E-state index in [0.717, 1.165) is 18.7 Å². The Hall–Kier alpha value is -1.99. The van der Waals surface area contributed by atoms with Crippen LogP contribution in [0.4, 0.5) is 4.79 Å². The number of halogens is 3. The molecular formula is C23H25Cl3N4O2. The average Bonchev–Trinajstić information content (AvgIpc) is 3.25. The van der Waals surface area contributed by atoms with E-state index in [-0.39, 0.29) is 23.9 Å². The number of benzene rings is 2. The van der Waals surface area contributed by atoms with E-state index in [1.807, 2.05) is 21.9 Å². The Morgan fingerprint density at radius 3 is 2.41 bits per heavy atom. The molecular weight excluding hydrogens is 471 g/mol. The van der Waals surface area contributed by atoms with E-state index in [9.17, 15) is 9.59 Å². The molecule has 4 rings (SSSR count). The van der Waals surface area contributed by atoms with Crippen LogP contribution in [0.2, 0.25) is 15.1 Å². The first kappa shape index (κ1) is 23.2. The number of amides is 3. The highest BCUT2D eigenvalue weighted by atomic mass is 35.5. The van der Waals surface area contributed by atoms with Crippen molar-refractivity contribution in [3.63, 3.8) is 0 Å². The number of hydrogen-bond donors (Lipinski definition) is 1. The summed E-state index contributed by atoms with van der Waals surface area (Å²) in [6.45, 7) is 3.86. The second-order valence-corrected chi connectivity index (χ2v) is 9.45. The molecule has 170 valence electrons. The second-order valence-electron chi connectivity index (χ2n) is 8.20. The van der Waals surface area contributed by atoms with Crippen LogP contribution in [0.5, 0.6) is 0 Å². The number of rotatable bonds is 3. The van der Waals surface area contributed by atoms with Gasteiger partial charge in [0.15, 0.2) is 0 Å². The summed E-state index contributed by atoms with van der Waals surface area (Å²) in [5.41, 5.74) is 1.46. The first-order valence-corrected chi connectivity index (χ1v) is 11.7. The highest BCUT2D eigenvalue weighted by molar-refractivity contribution is 6.42. The van der Waals surface area contributed by atoms with Crippen molar-refractivity contribution in [3.8, 4) is 0 Å². The lowest BCUT2D eigenvalue weighted by Crippen LogP contribution is -2.51. The van der Waals surface area contributed by atoms with E-state index in [1.54, 1.807) is 42.3 Å². The van der Waals surface area contributed by atoms with Crippen LogP contribution in [0.15, 0.2) is 42.5 Å². The molecule has 0 aromatic heterocycles. The standard InChI is InChI=1S/C23H25Cl3N4O2/c1-28(22(31)16-3-2-4-17(24)11-16)21-14-30(23(32)29-9-7-27-8-10-29)13-18(21)15-5-6-19(25)20(26)12-15/h2-6,11-12,18,21,27H,7-10,13-14H2,1H3/t18?,21-/m1/s1. The van der Waals surface area contributed by atoms with Gasteiger partial charge in [0.1, 0.15) is 0 Å². The van der Waals surface area contributed by atoms with Crippen LogP contribution in [0.25, 0.3) is 0 Å². The summed E-state index contributed by atoms with van der Waals surface area (Å²) in [5, 5.41) is 4.71. The molecule has 2 atom stereocenters. The minimum Gasteiger partial charge on any atom is -0.336 e. The SMILES string of the molecule is CN(C(=O)c1cccc(Cl)c1)[C@@H]1CN(C(=O)N2CCNCC2)CC1c1ccc(Cl)c(Cl)c1. The summed E-state index contributed by atoms with van der Waals surface area (Å²) < 4.78 is 0. The summed E-state index contributed by atoms with van der Waals surface area (Å²) in [5.74, 6) is -0.233. The first-order chi connectivity index (χ1) is 15.3. The van der Waals surface area contributed by atoms with Gasteiger partial charge in [-0.3, -0.25) is 4.79 Å². The summed E-state index contributed by atoms with van der Waals surface area (Å²) in [6.07, 6.45) is 0. The third-order valence-corrected chi connectivity index (χ3v) is 7.18. The minimum absolute atomic E-state index is 0.00247. The largest absolute Gasteiger partial charge is 0.336 e. The van der Waals surface area contributed by atoms with Crippen LogP contribution in [0.1, 0.15) is 21.8 Å². The normalized spacial score (nSPS) is 21.0. The molecule has 0 spiro atoms. The molecule has 9 heteroatoms. The maximum Gasteiger partial charge on any atom is 0.320 e. The van der Waals surface area contributed by atoms with Gasteiger partial charge in [0, 0.05) is 62.8 Å². The topological polar surface area (TPSA) is 55.9 Å². The van der Waals surface area contributed by atoms with Crippen molar-refractivity contribution in [2.75, 3.05) is 46.3 Å². The van der Waals surface area contributed by atoms with Gasteiger partial charge >= 0.3 is 6.03 Å². The monoisotopic (exact) mass is 494 g/mol. The third-order valence-electron chi connectivity index (χ3n) is 6.21. The molecule has 2 aliphatic rings. The minimum atomic E-state index is -0.217. The van der Waals surface area contributed by atoms with Gasteiger partial charge in [-0.2, -0.15) is 0 Å². The zero-order chi connectivity index (χ0) is 22.8. The average molecular weight is 496 g/mol. The fraction of sp³-hybridized carbons (Fsp3) is 0.391. The van der Waals surface area contributed by atoms with Crippen molar-refractivity contribution in [3.05, 3.63) is 68.7 Å². The maximum absolute atomic E-state index is 13.3. The first-order valence-electron chi connectivity index (χ1n) is 10.6. The Morgan fingerprint density at radius 1 is 0.969 bits per heavy atom. The lowest BCUT2D eigenvalue weighted by Gasteiger charge is -2.32. The molecule has 0 bridgehead atoms. The van der Waals surface area contributed by atoms with Crippen LogP contribution < -0.4 is 5.32 Å². The molecule has 6 nitrogen and oxygen atoms in total. The molecule has 3 amide bonds. The van der Waals surface area contributed by atoms with Crippen molar-refractivity contribution in [2.45, 2.75) is 12.0 Å². The fourth-order valence-electron chi connectivity index (χ4n) is 4.44. The second kappa shape index (κ2) is 9.87. The van der Waals surface area contributed by atoms with Gasteiger partial charge in [0.2, 0.25) is 0 Å². The fourth-order valence-corrected chi connectivity index (χ4v) is 4.93. The number of piperazine rings is 1. The maximum atomic E-state index is 13.3. The number of urea groups is 1. The third kappa shape index (κ3) is 4.84. The molecule has 2 fully saturated rings. The summed E-state index contributed by atoms with van der Waals surface area (Å²) in [7, 11) is 1.78. The predicted molar refractivity (Wildman–Crippen MR) is 128 cm³/mol. The van der Waals surface area contributed by atoms with E-state index < -0.39 is 0 Å². The Balaban J connectivity index is 1.62. The number of hydrogen-bond acceptors (Lipinski definition) is 3. The van der Waals surface area contributed by atoms with Gasteiger partial charge in [-0.1, -0.05) is 46.9 Å². The quantitative estimate of drug-likeness (QED) is 0.694. The predicted octanol–water partition coefficient (Wildman–Crippen LogP) is 4.21. The van der Waals surface area contributed by atoms with Gasteiger partial charge < -0.3 is 20.0 Å². The molecule has 0 aliphatic carbocycles. The molecule has 32 heavy (non-hydrogen) atoms. The van der Waals surface area contributed by atoms with E-state index in [4.69, 9.17) is 34.8 Å². The van der Waals surface area contributed by atoms with Crippen LogP contribution in [0.3, 0.4) is 0 Å². The zero-order valence-electron chi connectivity index (χ0n) is 17.7. The lowest BCUT2D eigenvalue weighted by atomic mass is 9.93. The van der Waals surface area contributed by atoms with E-state index in [1.165, 1.54) is 0 Å². The molecule has 2 saturated heterocycles. The summed E-state index contributed by atoms with van der Waals surface area (Å²) in [4.78, 5) is 31.9. The number of likely N-dealkylation sites (N-methyl/N-ethyl adjacent to an activating group) is 1. The molecule has 0 radical (unpaired) electrons. The Bertz CT molecular complexity index is 1010. The highest BCUT2D eigenvalue weighted by Crippen LogP contribution is 2.35. The van der Waals surface area contributed by atoms with Gasteiger partial charge in [-0.05, 0) is 35.9 Å². The van der Waals surface area contributed by atoms with E-state index in [0.29, 0.717) is 46.8 Å². The Kier molecular flexibility index (Phi) is 7.15. The van der Waals surface area contributed by atoms with Crippen LogP contribution in [0, 0.1) is 0 Å². The van der Waals surface area contributed by atoms with Gasteiger partial charge in [-0.25, -0.2) is 4.79 Å². The molecule has 2 aliphatic heterocycles. The molecule has 0 saturated carbocycles. The van der Waals surface area contributed by atoms with Crippen LogP contribution in [-0.4, -0.2) is 79.0 Å². The Morgan fingerprint density at radius 2 is 1.72 bits per heavy atom. The number of nitrogens with one attached hydrogen (secondary N) is 1. The summed E-state index contributed by atoms with van der Waals surface area (Å²) >= 11 is 18.5. The van der Waals surface area contributed by atoms with E-state index >= 15 is 0 Å². The highest BCUT2D eigenvalue weighted by Gasteiger charge is 2.41. The molecule has 2 aromatic carbocycles. The zero-order valence-corrected chi connectivity index (χ0v) is 20.0. The van der Waals surface area contributed by atoms with Crippen molar-refractivity contribution in [1.29, 1.82) is 0 Å². The molecule has 2 heterocycles. The van der Waals surface area contributed by atoms with E-state index in [2.05, 4.69) is 5.32 Å². The lowest BCUT2D eigenvalue weighted by molar-refractivity contribution is 0.0724. The smallest absolute Gasteiger partial charge is 0.320 e. The van der Waals surface area contributed by atoms with Gasteiger partial charge in [0.05, 0.1) is 16.1 Å². The summed E-state index contributed by atoms with van der Waals surface area (Å²) in [6, 6.07) is 12.2. The van der Waals surface area contributed by atoms with Crippen LogP contribution >= 0.6 is 34.8 Å². The van der Waals surface area contributed by atoms with Crippen molar-refractivity contribution in [2.24, 2.45) is 0 Å². The number of nitrogens with zero attached hydrogens (tertiary/aromatic N) is 3. The van der Waals surface area contributed by atoms with Crippen molar-refractivity contribution >= 4 is 46.7 Å². The Labute approximate surface area is 203 Å². The van der Waals surface area contributed by atoms with Crippen molar-refractivity contribution in [1.82, 2.24) is 20.0 Å². The molecule has 1 N–H and O–H groups in total. The molecule has 2 aromatic rings. The van der Waals surface area contributed by atoms with Gasteiger partial charge in [0.25, 0.3) is 5.91 Å². The van der Waals surface area contributed by atoms with Gasteiger partial charge in [-0.15, -0.1) is 0 Å².